The topological polar surface area (TPSA) is 103 Å². The van der Waals surface area contributed by atoms with Crippen molar-refractivity contribution in [2.75, 3.05) is 14.2 Å². The number of ether oxygens (including phenoxy) is 4. The fourth-order valence-electron chi connectivity index (χ4n) is 9.54. The average Bonchev–Trinajstić information content (AvgIpc) is 3.03. The van der Waals surface area contributed by atoms with E-state index < -0.39 is 65.7 Å². The van der Waals surface area contributed by atoms with Crippen molar-refractivity contribution in [3.8, 4) is 5.75 Å². The van der Waals surface area contributed by atoms with Crippen LogP contribution >= 0.6 is 0 Å². The zero-order valence-electron chi connectivity index (χ0n) is 59.5. The molecule has 1 aliphatic heterocycles. The molecule has 0 radical (unpaired) electrons. The lowest BCUT2D eigenvalue weighted by Crippen LogP contribution is -2.66. The summed E-state index contributed by atoms with van der Waals surface area (Å²) in [6.45, 7) is 73.5. The summed E-state index contributed by atoms with van der Waals surface area (Å²) in [4.78, 5) is 0. The Morgan fingerprint density at radius 2 is 1.18 bits per heavy atom. The van der Waals surface area contributed by atoms with E-state index in [4.69, 9.17) is 41.1 Å². The molecule has 1 aromatic rings. The van der Waals surface area contributed by atoms with Crippen molar-refractivity contribution in [1.82, 2.24) is 0 Å². The first-order chi connectivity index (χ1) is 37.5. The Morgan fingerprint density at radius 3 is 1.65 bits per heavy atom. The first-order valence-corrected chi connectivity index (χ1v) is 46.5. The zero-order chi connectivity index (χ0) is 64.4. The number of hydrogen-bond donors (Lipinski definition) is 1. The van der Waals surface area contributed by atoms with Crippen molar-refractivity contribution < 1.29 is 46.2 Å². The maximum absolute atomic E-state index is 11.9. The number of benzene rings is 1. The third-order valence-corrected chi connectivity index (χ3v) is 43.0. The van der Waals surface area contributed by atoms with Gasteiger partial charge in [-0.3, -0.25) is 0 Å². The van der Waals surface area contributed by atoms with E-state index >= 15 is 0 Å². The number of hydrogen-bond acceptors (Lipinski definition) is 10. The van der Waals surface area contributed by atoms with Gasteiger partial charge in [-0.15, -0.1) is 0 Å². The molecule has 0 bridgehead atoms. The standard InChI is InChI=1S/C68H132O10Si5/c1-33-35-36-57(69)58(75-80(25,26)64(9,10)11)43-41-56(74-79(23,24)63(6,7)8)47-55-42-44-61(77-82(29,30)66(15,16)17)68(71-22,73-55)62(78-83(31,32)67(18,19)20)46-50(3)45-52(5)59(72-49-53-37-39-54(70-21)40-38-53)48-60(51(4)34-2)76-81(27,28)65(12,13)14/h34,37-40,45,52,55-62,69H,2,4,33,35-36,41-44,46-49H2,1,3,5-32H3/b50-45+/t52-,55+,56?,57?,58?,59+,60-,61+,62+,68?/m0/s1. The molecule has 10 nitrogen and oxygen atoms in total. The predicted octanol–water partition coefficient (Wildman–Crippen LogP) is 19.9. The smallest absolute Gasteiger partial charge is 0.219 e. The van der Waals surface area contributed by atoms with Crippen LogP contribution in [0, 0.1) is 5.92 Å². The molecule has 1 aliphatic rings. The summed E-state index contributed by atoms with van der Waals surface area (Å²) in [5.74, 6) is -0.502. The highest BCUT2D eigenvalue weighted by Crippen LogP contribution is 2.49. The van der Waals surface area contributed by atoms with Crippen LogP contribution in [-0.4, -0.2) is 116 Å². The second kappa shape index (κ2) is 30.7. The van der Waals surface area contributed by atoms with Gasteiger partial charge in [-0.1, -0.05) is 174 Å². The van der Waals surface area contributed by atoms with E-state index in [9.17, 15) is 5.11 Å². The summed E-state index contributed by atoms with van der Waals surface area (Å²) < 4.78 is 64.9. The third kappa shape index (κ3) is 22.4. The van der Waals surface area contributed by atoms with Gasteiger partial charge in [-0.2, -0.15) is 0 Å². The number of aliphatic hydroxyl groups is 1. The largest absolute Gasteiger partial charge is 0.497 e. The van der Waals surface area contributed by atoms with Gasteiger partial charge in [0.05, 0.1) is 44.2 Å². The number of methoxy groups -OCH3 is 2. The Labute approximate surface area is 517 Å². The first kappa shape index (κ1) is 78.1. The Morgan fingerprint density at radius 1 is 0.687 bits per heavy atom. The lowest BCUT2D eigenvalue weighted by molar-refractivity contribution is -0.342. The molecule has 1 aromatic carbocycles. The van der Waals surface area contributed by atoms with Crippen molar-refractivity contribution in [2.24, 2.45) is 5.92 Å². The molecule has 1 heterocycles. The van der Waals surface area contributed by atoms with Crippen LogP contribution in [0.2, 0.25) is 90.7 Å². The van der Waals surface area contributed by atoms with Gasteiger partial charge in [-0.25, -0.2) is 0 Å². The molecular weight excluding hydrogens is 1120 g/mol. The van der Waals surface area contributed by atoms with Crippen LogP contribution in [0.25, 0.3) is 0 Å². The van der Waals surface area contributed by atoms with Crippen LogP contribution in [0.4, 0.5) is 0 Å². The molecule has 2 rings (SSSR count). The fraction of sp³-hybridized carbons (Fsp3) is 0.824. The predicted molar refractivity (Wildman–Crippen MR) is 367 cm³/mol. The van der Waals surface area contributed by atoms with Crippen molar-refractivity contribution >= 4 is 41.6 Å². The van der Waals surface area contributed by atoms with Crippen molar-refractivity contribution in [2.45, 2.75) is 341 Å². The Bertz CT molecular complexity index is 2160. The van der Waals surface area contributed by atoms with E-state index in [1.54, 1.807) is 7.11 Å². The molecule has 0 aromatic heterocycles. The van der Waals surface area contributed by atoms with Gasteiger partial charge < -0.3 is 46.2 Å². The molecule has 1 N–H and O–H groups in total. The number of rotatable bonds is 33. The van der Waals surface area contributed by atoms with Crippen LogP contribution < -0.4 is 4.74 Å². The van der Waals surface area contributed by atoms with E-state index in [0.717, 1.165) is 61.0 Å². The van der Waals surface area contributed by atoms with Gasteiger partial charge in [0.1, 0.15) is 18.0 Å². The third-order valence-electron chi connectivity index (χ3n) is 20.5. The van der Waals surface area contributed by atoms with E-state index in [1.165, 1.54) is 0 Å². The summed E-state index contributed by atoms with van der Waals surface area (Å²) in [6, 6.07) is 8.12. The molecule has 0 spiro atoms. The lowest BCUT2D eigenvalue weighted by atomic mass is 9.87. The molecule has 1 fully saturated rings. The number of aliphatic hydroxyl groups excluding tert-OH is 1. The molecule has 0 aliphatic carbocycles. The minimum Gasteiger partial charge on any atom is -0.497 e. The normalized spacial score (nSPS) is 21.5. The molecular formula is C68H132O10Si5. The molecule has 10 atom stereocenters. The van der Waals surface area contributed by atoms with Crippen LogP contribution in [-0.2, 0) is 42.9 Å². The Kier molecular flexibility index (Phi) is 28.8. The minimum absolute atomic E-state index is 0.000795. The van der Waals surface area contributed by atoms with Crippen molar-refractivity contribution in [1.29, 1.82) is 0 Å². The average molecular weight is 1250 g/mol. The summed E-state index contributed by atoms with van der Waals surface area (Å²) in [5.41, 5.74) is 3.09. The molecule has 484 valence electrons. The highest BCUT2D eigenvalue weighted by atomic mass is 28.4. The van der Waals surface area contributed by atoms with E-state index in [2.05, 4.69) is 221 Å². The van der Waals surface area contributed by atoms with E-state index in [1.807, 2.05) is 25.3 Å². The number of unbranched alkanes of at least 4 members (excludes halogenated alkanes) is 1. The van der Waals surface area contributed by atoms with Crippen LogP contribution in [0.1, 0.15) is 194 Å². The van der Waals surface area contributed by atoms with Gasteiger partial charge in [-0.05, 0) is 166 Å². The van der Waals surface area contributed by atoms with Crippen LogP contribution in [0.15, 0.2) is 60.7 Å². The lowest BCUT2D eigenvalue weighted by Gasteiger charge is -2.54. The SMILES string of the molecule is C=CC(=C)[C@H](C[C@@H](OCc1ccc(OC)cc1)[C@@H](C)/C=C(\C)C[C@@H](O[Si](C)(C)C(C)(C)C)C1(OC)O[C@@H](CC(CCC(O[Si](C)(C)C(C)(C)C)C(O)CCCC)O[Si](C)(C)C(C)(C)C)CC[C@H]1O[Si](C)(C)C(C)(C)C)O[Si](C)(C)C(C)(C)C. The molecule has 15 heteroatoms. The zero-order valence-corrected chi connectivity index (χ0v) is 64.5. The van der Waals surface area contributed by atoms with Gasteiger partial charge in [0.2, 0.25) is 5.79 Å². The molecule has 83 heavy (non-hydrogen) atoms. The van der Waals surface area contributed by atoms with Crippen LogP contribution in [0.5, 0.6) is 5.75 Å². The van der Waals surface area contributed by atoms with E-state index in [-0.39, 0.29) is 61.6 Å². The quantitative estimate of drug-likeness (QED) is 0.0416. The maximum atomic E-state index is 11.9. The summed E-state index contributed by atoms with van der Waals surface area (Å²) >= 11 is 0. The fourth-order valence-corrected chi connectivity index (χ4v) is 16.3. The summed E-state index contributed by atoms with van der Waals surface area (Å²) in [7, 11) is -8.24. The highest BCUT2D eigenvalue weighted by Gasteiger charge is 2.58. The molecule has 1 saturated heterocycles. The highest BCUT2D eigenvalue weighted by molar-refractivity contribution is 6.75. The molecule has 4 unspecified atom stereocenters. The van der Waals surface area contributed by atoms with Gasteiger partial charge in [0.25, 0.3) is 0 Å². The van der Waals surface area contributed by atoms with Crippen molar-refractivity contribution in [3.05, 3.63) is 66.3 Å². The van der Waals surface area contributed by atoms with Gasteiger partial charge in [0.15, 0.2) is 41.6 Å². The minimum atomic E-state index is -2.54. The Hall–Kier alpha value is -1.04. The van der Waals surface area contributed by atoms with Crippen molar-refractivity contribution in [3.63, 3.8) is 0 Å². The maximum Gasteiger partial charge on any atom is 0.219 e. The monoisotopic (exact) mass is 1250 g/mol. The summed E-state index contributed by atoms with van der Waals surface area (Å²) in [5, 5.41) is 11.7. The van der Waals surface area contributed by atoms with Crippen LogP contribution in [0.3, 0.4) is 0 Å². The second-order valence-corrected chi connectivity index (χ2v) is 56.4. The molecule has 0 amide bonds. The van der Waals surface area contributed by atoms with E-state index in [0.29, 0.717) is 32.3 Å². The second-order valence-electron chi connectivity index (χ2n) is 32.6. The molecule has 0 saturated carbocycles. The Balaban J connectivity index is 2.97. The van der Waals surface area contributed by atoms with Gasteiger partial charge >= 0.3 is 0 Å². The van der Waals surface area contributed by atoms with Gasteiger partial charge in [0, 0.05) is 25.6 Å². The first-order valence-electron chi connectivity index (χ1n) is 32.0. The summed E-state index contributed by atoms with van der Waals surface area (Å²) in [6.07, 6.45) is 9.07.